The van der Waals surface area contributed by atoms with Crippen molar-refractivity contribution in [1.29, 1.82) is 0 Å². The predicted molar refractivity (Wildman–Crippen MR) is 81.2 cm³/mol. The second-order valence-electron chi connectivity index (χ2n) is 5.69. The van der Waals surface area contributed by atoms with E-state index in [0.29, 0.717) is 11.5 Å². The molecule has 21 heavy (non-hydrogen) atoms. The van der Waals surface area contributed by atoms with Crippen LogP contribution in [0.4, 0.5) is 4.39 Å². The highest BCUT2D eigenvalue weighted by atomic mass is 19.1. The van der Waals surface area contributed by atoms with Crippen molar-refractivity contribution in [2.45, 2.75) is 32.7 Å². The molecule has 2 rings (SSSR count). The molecule has 2 unspecified atom stereocenters. The highest BCUT2D eigenvalue weighted by Gasteiger charge is 2.27. The number of carbonyl (C=O) groups excluding carboxylic acids is 1. The average Bonchev–Trinajstić information content (AvgIpc) is 2.47. The van der Waals surface area contributed by atoms with Crippen molar-refractivity contribution in [1.82, 2.24) is 4.90 Å². The third-order valence-corrected chi connectivity index (χ3v) is 3.92. The van der Waals surface area contributed by atoms with Gasteiger partial charge in [-0.3, -0.25) is 4.79 Å². The van der Waals surface area contributed by atoms with Gasteiger partial charge in [-0.1, -0.05) is 18.8 Å². The van der Waals surface area contributed by atoms with Crippen LogP contribution in [0.1, 0.15) is 42.6 Å². The van der Waals surface area contributed by atoms with E-state index in [9.17, 15) is 9.18 Å². The van der Waals surface area contributed by atoms with Crippen molar-refractivity contribution < 1.29 is 9.18 Å². The zero-order valence-corrected chi connectivity index (χ0v) is 12.5. The number of hydrogen-bond acceptors (Lipinski definition) is 2. The molecular formula is C17H21FN2O. The monoisotopic (exact) mass is 288 g/mol. The van der Waals surface area contributed by atoms with Crippen LogP contribution in [-0.4, -0.2) is 29.9 Å². The lowest BCUT2D eigenvalue weighted by atomic mass is 9.94. The van der Waals surface area contributed by atoms with Gasteiger partial charge in [0, 0.05) is 18.2 Å². The SMILES string of the molecule is CC1CCC(C)N(C(=O)c2ccc(C#CCN)c(F)c2)C1. The molecule has 0 bridgehead atoms. The molecule has 0 saturated carbocycles. The Morgan fingerprint density at radius 3 is 2.86 bits per heavy atom. The summed E-state index contributed by atoms with van der Waals surface area (Å²) in [5.74, 6) is 5.18. The summed E-state index contributed by atoms with van der Waals surface area (Å²) in [7, 11) is 0. The number of nitrogens with zero attached hydrogens (tertiary/aromatic N) is 1. The van der Waals surface area contributed by atoms with Gasteiger partial charge in [-0.2, -0.15) is 0 Å². The Labute approximate surface area is 125 Å². The second kappa shape index (κ2) is 6.73. The topological polar surface area (TPSA) is 46.3 Å². The van der Waals surface area contributed by atoms with Crippen LogP contribution < -0.4 is 5.73 Å². The third kappa shape index (κ3) is 3.62. The zero-order chi connectivity index (χ0) is 15.4. The minimum absolute atomic E-state index is 0.105. The molecule has 4 heteroatoms. The van der Waals surface area contributed by atoms with Gasteiger partial charge in [-0.15, -0.1) is 0 Å². The molecule has 0 aromatic heterocycles. The lowest BCUT2D eigenvalue weighted by Crippen LogP contribution is -2.44. The Hall–Kier alpha value is -1.86. The normalized spacial score (nSPS) is 21.6. The van der Waals surface area contributed by atoms with Gasteiger partial charge in [0.1, 0.15) is 5.82 Å². The van der Waals surface area contributed by atoms with Crippen LogP contribution >= 0.6 is 0 Å². The first-order valence-corrected chi connectivity index (χ1v) is 7.32. The second-order valence-corrected chi connectivity index (χ2v) is 5.69. The first-order valence-electron chi connectivity index (χ1n) is 7.32. The number of hydrogen-bond donors (Lipinski definition) is 1. The summed E-state index contributed by atoms with van der Waals surface area (Å²) in [5, 5.41) is 0. The minimum atomic E-state index is -0.473. The van der Waals surface area contributed by atoms with Gasteiger partial charge in [0.25, 0.3) is 5.91 Å². The molecular weight excluding hydrogens is 267 g/mol. The van der Waals surface area contributed by atoms with Crippen molar-refractivity contribution in [2.75, 3.05) is 13.1 Å². The molecule has 1 aromatic rings. The largest absolute Gasteiger partial charge is 0.336 e. The quantitative estimate of drug-likeness (QED) is 0.807. The summed E-state index contributed by atoms with van der Waals surface area (Å²) in [4.78, 5) is 14.4. The van der Waals surface area contributed by atoms with Crippen LogP contribution in [0.2, 0.25) is 0 Å². The van der Waals surface area contributed by atoms with Crippen LogP contribution in [0.3, 0.4) is 0 Å². The summed E-state index contributed by atoms with van der Waals surface area (Å²) >= 11 is 0. The van der Waals surface area contributed by atoms with Crippen molar-refractivity contribution in [3.8, 4) is 11.8 Å². The van der Waals surface area contributed by atoms with E-state index in [1.165, 1.54) is 6.07 Å². The Bertz CT molecular complexity index is 588. The van der Waals surface area contributed by atoms with Crippen molar-refractivity contribution in [3.05, 3.63) is 35.1 Å². The maximum Gasteiger partial charge on any atom is 0.254 e. The lowest BCUT2D eigenvalue weighted by molar-refractivity contribution is 0.0573. The summed E-state index contributed by atoms with van der Waals surface area (Å²) in [6, 6.07) is 4.66. The Kier molecular flexibility index (Phi) is 4.98. The van der Waals surface area contributed by atoms with E-state index in [0.717, 1.165) is 19.4 Å². The van der Waals surface area contributed by atoms with Gasteiger partial charge in [0.05, 0.1) is 12.1 Å². The number of rotatable bonds is 1. The van der Waals surface area contributed by atoms with E-state index in [1.807, 2.05) is 11.8 Å². The molecule has 3 nitrogen and oxygen atoms in total. The van der Waals surface area contributed by atoms with Crippen molar-refractivity contribution in [2.24, 2.45) is 11.7 Å². The fourth-order valence-electron chi connectivity index (χ4n) is 2.63. The Balaban J connectivity index is 2.21. The summed E-state index contributed by atoms with van der Waals surface area (Å²) in [6.45, 7) is 5.10. The minimum Gasteiger partial charge on any atom is -0.336 e. The lowest BCUT2D eigenvalue weighted by Gasteiger charge is -2.36. The molecule has 1 saturated heterocycles. The van der Waals surface area contributed by atoms with Gasteiger partial charge in [0.15, 0.2) is 0 Å². The average molecular weight is 288 g/mol. The predicted octanol–water partition coefficient (Wildman–Crippen LogP) is 2.40. The Morgan fingerprint density at radius 1 is 1.43 bits per heavy atom. The Morgan fingerprint density at radius 2 is 2.19 bits per heavy atom. The van der Waals surface area contributed by atoms with E-state index >= 15 is 0 Å². The van der Waals surface area contributed by atoms with Gasteiger partial charge in [-0.05, 0) is 43.9 Å². The van der Waals surface area contributed by atoms with Crippen molar-refractivity contribution >= 4 is 5.91 Å². The molecule has 0 aliphatic carbocycles. The molecule has 0 spiro atoms. The highest BCUT2D eigenvalue weighted by molar-refractivity contribution is 5.94. The van der Waals surface area contributed by atoms with E-state index < -0.39 is 5.82 Å². The first kappa shape index (κ1) is 15.5. The van der Waals surface area contributed by atoms with Crippen molar-refractivity contribution in [3.63, 3.8) is 0 Å². The van der Waals surface area contributed by atoms with Crippen LogP contribution in [0.5, 0.6) is 0 Å². The number of piperidine rings is 1. The van der Waals surface area contributed by atoms with Gasteiger partial charge in [0.2, 0.25) is 0 Å². The first-order chi connectivity index (χ1) is 10.0. The molecule has 1 aliphatic heterocycles. The molecule has 112 valence electrons. The number of carbonyl (C=O) groups is 1. The fraction of sp³-hybridized carbons (Fsp3) is 0.471. The third-order valence-electron chi connectivity index (χ3n) is 3.92. The smallest absolute Gasteiger partial charge is 0.254 e. The fourth-order valence-corrected chi connectivity index (χ4v) is 2.63. The number of halogens is 1. The summed E-state index contributed by atoms with van der Waals surface area (Å²) in [5.41, 5.74) is 5.93. The molecule has 1 amide bonds. The van der Waals surface area contributed by atoms with Gasteiger partial charge >= 0.3 is 0 Å². The van der Waals surface area contributed by atoms with E-state index in [-0.39, 0.29) is 24.1 Å². The van der Waals surface area contributed by atoms with E-state index in [1.54, 1.807) is 12.1 Å². The molecule has 1 heterocycles. The maximum atomic E-state index is 14.0. The number of benzene rings is 1. The standard InChI is InChI=1S/C17H21FN2O/c1-12-5-6-13(2)20(11-12)17(21)15-8-7-14(4-3-9-19)16(18)10-15/h7-8,10,12-13H,5-6,9,11,19H2,1-2H3. The maximum absolute atomic E-state index is 14.0. The van der Waals surface area contributed by atoms with Crippen LogP contribution in [-0.2, 0) is 0 Å². The number of nitrogens with two attached hydrogens (primary N) is 1. The van der Waals surface area contributed by atoms with Gasteiger partial charge in [-0.25, -0.2) is 4.39 Å². The van der Waals surface area contributed by atoms with Gasteiger partial charge < -0.3 is 10.6 Å². The number of likely N-dealkylation sites (tertiary alicyclic amines) is 1. The highest BCUT2D eigenvalue weighted by Crippen LogP contribution is 2.23. The van der Waals surface area contributed by atoms with Crippen LogP contribution in [0.25, 0.3) is 0 Å². The summed E-state index contributed by atoms with van der Waals surface area (Å²) in [6.07, 6.45) is 2.13. The van der Waals surface area contributed by atoms with E-state index in [4.69, 9.17) is 5.73 Å². The molecule has 2 atom stereocenters. The number of amides is 1. The molecule has 1 aromatic carbocycles. The molecule has 1 fully saturated rings. The van der Waals surface area contributed by atoms with E-state index in [2.05, 4.69) is 18.8 Å². The summed E-state index contributed by atoms with van der Waals surface area (Å²) < 4.78 is 14.0. The zero-order valence-electron chi connectivity index (χ0n) is 12.5. The van der Waals surface area contributed by atoms with Crippen LogP contribution in [0.15, 0.2) is 18.2 Å². The molecule has 1 aliphatic rings. The molecule has 2 N–H and O–H groups in total. The molecule has 0 radical (unpaired) electrons. The van der Waals surface area contributed by atoms with Crippen LogP contribution in [0, 0.1) is 23.6 Å².